The van der Waals surface area contributed by atoms with Crippen LogP contribution in [0.25, 0.3) is 6.08 Å². The Morgan fingerprint density at radius 1 is 1.19 bits per heavy atom. The van der Waals surface area contributed by atoms with E-state index in [4.69, 9.17) is 0 Å². The summed E-state index contributed by atoms with van der Waals surface area (Å²) in [5.41, 5.74) is 0.0863. The predicted molar refractivity (Wildman–Crippen MR) is 102 cm³/mol. The number of allylic oxidation sites excluding steroid dienone is 1. The molecule has 27 heavy (non-hydrogen) atoms. The summed E-state index contributed by atoms with van der Waals surface area (Å²) >= 11 is 0. The highest BCUT2D eigenvalue weighted by atomic mass is 16.4. The zero-order valence-electron chi connectivity index (χ0n) is 14.9. The van der Waals surface area contributed by atoms with Crippen molar-refractivity contribution in [1.82, 2.24) is 9.88 Å². The molecule has 6 heteroatoms. The van der Waals surface area contributed by atoms with Crippen molar-refractivity contribution in [2.24, 2.45) is 5.41 Å². The second-order valence-corrected chi connectivity index (χ2v) is 6.87. The zero-order valence-corrected chi connectivity index (χ0v) is 14.9. The third-order valence-electron chi connectivity index (χ3n) is 4.97. The van der Waals surface area contributed by atoms with Crippen LogP contribution in [0.4, 0.5) is 0 Å². The number of carbonyl (C=O) groups is 2. The van der Waals surface area contributed by atoms with Crippen molar-refractivity contribution >= 4 is 18.0 Å². The highest BCUT2D eigenvalue weighted by molar-refractivity contribution is 5.94. The number of amides is 1. The number of hydrogen-bond donors (Lipinski definition) is 2. The first kappa shape index (κ1) is 18.6. The Hall–Kier alpha value is -3.15. The minimum Gasteiger partial charge on any atom is -0.481 e. The molecule has 2 aromatic rings. The summed E-state index contributed by atoms with van der Waals surface area (Å²) in [4.78, 5) is 40.0. The lowest BCUT2D eigenvalue weighted by Crippen LogP contribution is -2.49. The van der Waals surface area contributed by atoms with Gasteiger partial charge in [0.2, 0.25) is 5.56 Å². The van der Waals surface area contributed by atoms with E-state index in [-0.39, 0.29) is 18.0 Å². The van der Waals surface area contributed by atoms with Crippen molar-refractivity contribution in [3.63, 3.8) is 0 Å². The minimum atomic E-state index is -0.999. The summed E-state index contributed by atoms with van der Waals surface area (Å²) in [6, 6.07) is 12.5. The number of hydrogen-bond acceptors (Lipinski definition) is 3. The maximum atomic E-state index is 12.7. The molecule has 2 heterocycles. The number of carbonyl (C=O) groups excluding carboxylic acids is 1. The van der Waals surface area contributed by atoms with Gasteiger partial charge in [0.05, 0.1) is 11.0 Å². The van der Waals surface area contributed by atoms with E-state index in [9.17, 15) is 19.5 Å². The lowest BCUT2D eigenvalue weighted by molar-refractivity contribution is -0.151. The van der Waals surface area contributed by atoms with E-state index in [2.05, 4.69) is 4.98 Å². The number of aliphatic carboxylic acids is 1. The predicted octanol–water partition coefficient (Wildman–Crippen LogP) is 2.79. The molecule has 0 bridgehead atoms. The first-order valence-corrected chi connectivity index (χ1v) is 8.93. The topological polar surface area (TPSA) is 90.5 Å². The van der Waals surface area contributed by atoms with Crippen LogP contribution in [0.15, 0.2) is 59.5 Å². The summed E-state index contributed by atoms with van der Waals surface area (Å²) in [5, 5.41) is 9.87. The fourth-order valence-electron chi connectivity index (χ4n) is 3.44. The number of benzene rings is 1. The van der Waals surface area contributed by atoms with Crippen LogP contribution in [-0.2, 0) is 4.79 Å². The van der Waals surface area contributed by atoms with Crippen LogP contribution >= 0.6 is 0 Å². The Morgan fingerprint density at radius 3 is 2.63 bits per heavy atom. The fourth-order valence-corrected chi connectivity index (χ4v) is 3.44. The number of aromatic amines is 1. The Balaban J connectivity index is 1.76. The van der Waals surface area contributed by atoms with E-state index >= 15 is 0 Å². The normalized spacial score (nSPS) is 19.9. The Labute approximate surface area is 157 Å². The molecule has 1 aromatic carbocycles. The van der Waals surface area contributed by atoms with Gasteiger partial charge in [-0.3, -0.25) is 14.4 Å². The van der Waals surface area contributed by atoms with Crippen LogP contribution in [0.3, 0.4) is 0 Å². The quantitative estimate of drug-likeness (QED) is 0.851. The van der Waals surface area contributed by atoms with Crippen LogP contribution in [0.1, 0.15) is 35.2 Å². The molecular formula is C21H22N2O4. The van der Waals surface area contributed by atoms with Crippen LogP contribution < -0.4 is 5.56 Å². The second-order valence-electron chi connectivity index (χ2n) is 6.87. The molecule has 1 aliphatic rings. The molecular weight excluding hydrogens is 344 g/mol. The average molecular weight is 366 g/mol. The number of nitrogens with zero attached hydrogens (tertiary/aromatic N) is 1. The first-order chi connectivity index (χ1) is 13.0. The molecule has 1 aromatic heterocycles. The van der Waals surface area contributed by atoms with E-state index in [1.807, 2.05) is 42.5 Å². The van der Waals surface area contributed by atoms with E-state index < -0.39 is 11.4 Å². The first-order valence-electron chi connectivity index (χ1n) is 8.93. The monoisotopic (exact) mass is 366 g/mol. The molecule has 0 aliphatic carbocycles. The lowest BCUT2D eigenvalue weighted by atomic mass is 9.76. The Morgan fingerprint density at radius 2 is 1.96 bits per heavy atom. The van der Waals surface area contributed by atoms with Crippen LogP contribution in [-0.4, -0.2) is 40.0 Å². The number of likely N-dealkylation sites (tertiary alicyclic amines) is 1. The number of pyridine rings is 1. The number of H-pyrrole nitrogens is 1. The van der Waals surface area contributed by atoms with Gasteiger partial charge in [0.1, 0.15) is 0 Å². The van der Waals surface area contributed by atoms with Crippen LogP contribution in [0.2, 0.25) is 0 Å². The number of piperidine rings is 1. The number of rotatable bonds is 5. The smallest absolute Gasteiger partial charge is 0.311 e. The summed E-state index contributed by atoms with van der Waals surface area (Å²) < 4.78 is 0. The Bertz CT molecular complexity index is 883. The number of carboxylic acids is 1. The van der Waals surface area contributed by atoms with Crippen molar-refractivity contribution in [1.29, 1.82) is 0 Å². The molecule has 1 atom stereocenters. The van der Waals surface area contributed by atoms with Crippen LogP contribution in [0.5, 0.6) is 0 Å². The molecule has 0 unspecified atom stereocenters. The molecule has 0 spiro atoms. The fraction of sp³-hybridized carbons (Fsp3) is 0.286. The van der Waals surface area contributed by atoms with Crippen molar-refractivity contribution in [3.8, 4) is 0 Å². The van der Waals surface area contributed by atoms with Gasteiger partial charge in [-0.15, -0.1) is 0 Å². The molecule has 2 N–H and O–H groups in total. The van der Waals surface area contributed by atoms with Gasteiger partial charge in [-0.2, -0.15) is 0 Å². The van der Waals surface area contributed by atoms with E-state index in [0.717, 1.165) is 5.56 Å². The molecule has 6 nitrogen and oxygen atoms in total. The van der Waals surface area contributed by atoms with Gasteiger partial charge in [-0.1, -0.05) is 42.5 Å². The Kier molecular flexibility index (Phi) is 5.54. The van der Waals surface area contributed by atoms with Crippen molar-refractivity contribution in [2.45, 2.75) is 19.3 Å². The molecule has 1 fully saturated rings. The highest BCUT2D eigenvalue weighted by Gasteiger charge is 2.42. The zero-order chi connectivity index (χ0) is 19.3. The third-order valence-corrected chi connectivity index (χ3v) is 4.97. The molecule has 3 rings (SSSR count). The van der Waals surface area contributed by atoms with Gasteiger partial charge in [0.25, 0.3) is 5.91 Å². The van der Waals surface area contributed by atoms with E-state index in [1.54, 1.807) is 4.90 Å². The van der Waals surface area contributed by atoms with E-state index in [0.29, 0.717) is 31.4 Å². The molecule has 0 saturated carbocycles. The van der Waals surface area contributed by atoms with Crippen molar-refractivity contribution < 1.29 is 14.7 Å². The van der Waals surface area contributed by atoms with Gasteiger partial charge >= 0.3 is 5.97 Å². The highest BCUT2D eigenvalue weighted by Crippen LogP contribution is 2.35. The van der Waals surface area contributed by atoms with E-state index in [1.165, 1.54) is 18.3 Å². The lowest BCUT2D eigenvalue weighted by Gasteiger charge is -2.39. The average Bonchev–Trinajstić information content (AvgIpc) is 2.69. The van der Waals surface area contributed by atoms with Crippen LogP contribution in [0, 0.1) is 5.41 Å². The number of carboxylic acid groups (broad SMARTS) is 1. The molecule has 0 radical (unpaired) electrons. The van der Waals surface area contributed by atoms with Crippen molar-refractivity contribution in [2.75, 3.05) is 13.1 Å². The summed E-state index contributed by atoms with van der Waals surface area (Å²) in [7, 11) is 0. The van der Waals surface area contributed by atoms with Gasteiger partial charge in [0, 0.05) is 25.4 Å². The summed E-state index contributed by atoms with van der Waals surface area (Å²) in [5.74, 6) is -1.15. The minimum absolute atomic E-state index is 0.152. The largest absolute Gasteiger partial charge is 0.481 e. The number of nitrogens with one attached hydrogen (secondary N) is 1. The maximum Gasteiger partial charge on any atom is 0.311 e. The molecule has 1 aliphatic heterocycles. The third kappa shape index (κ3) is 4.34. The van der Waals surface area contributed by atoms with Crippen molar-refractivity contribution in [3.05, 3.63) is 76.2 Å². The maximum absolute atomic E-state index is 12.7. The number of aromatic nitrogens is 1. The SMILES string of the molecule is O=C(c1ccc(=O)[nH]c1)N1CCC[C@](C/C=C/c2ccccc2)(C(=O)O)C1. The second kappa shape index (κ2) is 8.03. The molecule has 1 saturated heterocycles. The molecule has 140 valence electrons. The van der Waals surface area contributed by atoms with Gasteiger partial charge in [-0.05, 0) is 30.9 Å². The standard InChI is InChI=1S/C21H22N2O4/c24-18-10-9-17(14-22-18)19(25)23-13-5-12-21(15-23,20(26)27)11-4-8-16-6-2-1-3-7-16/h1-4,6-10,14H,5,11-13,15H2,(H,22,24)(H,26,27)/b8-4+/t21-/m0/s1. The summed E-state index contributed by atoms with van der Waals surface area (Å²) in [6.45, 7) is 0.662. The van der Waals surface area contributed by atoms with Gasteiger partial charge in [0.15, 0.2) is 0 Å². The molecule has 1 amide bonds. The van der Waals surface area contributed by atoms with Gasteiger partial charge in [-0.25, -0.2) is 0 Å². The van der Waals surface area contributed by atoms with Gasteiger partial charge < -0.3 is 15.0 Å². The summed E-state index contributed by atoms with van der Waals surface area (Å²) in [6.07, 6.45) is 6.66.